The number of rotatable bonds is 0. The van der Waals surface area contributed by atoms with Crippen LogP contribution in [-0.4, -0.2) is 39.0 Å². The summed E-state index contributed by atoms with van der Waals surface area (Å²) in [4.78, 5) is 0. The van der Waals surface area contributed by atoms with Gasteiger partial charge in [0.05, 0.1) is 10.1 Å². The molecular weight excluding hydrogens is 331 g/mol. The van der Waals surface area contributed by atoms with Gasteiger partial charge in [-0.15, -0.1) is 24.0 Å². The number of nitrogens with zero attached hydrogens (tertiary/aromatic N) is 1. The molecule has 0 aliphatic heterocycles. The molecule has 0 fully saturated rings. The molecule has 2 aromatic rings. The Balaban J connectivity index is 0.000000720. The summed E-state index contributed by atoms with van der Waals surface area (Å²) < 4.78 is 4.69. The number of hydrogen-bond donors (Lipinski definition) is 1. The summed E-state index contributed by atoms with van der Waals surface area (Å²) >= 11 is 6.97. The van der Waals surface area contributed by atoms with Gasteiger partial charge in [0.1, 0.15) is 0 Å². The first-order chi connectivity index (χ1) is 5.27. The van der Waals surface area contributed by atoms with Gasteiger partial charge in [-0.25, -0.2) is 0 Å². The molecule has 0 unspecified atom stereocenters. The fraction of sp³-hybridized carbons (Fsp3) is 0. The van der Waals surface area contributed by atoms with E-state index in [0.29, 0.717) is 5.02 Å². The molecule has 0 spiro atoms. The van der Waals surface area contributed by atoms with E-state index in [1.807, 2.05) is 0 Å². The van der Waals surface area contributed by atoms with Gasteiger partial charge in [0, 0.05) is 5.02 Å². The van der Waals surface area contributed by atoms with Gasteiger partial charge in [0.25, 0.3) is 0 Å². The quantitative estimate of drug-likeness (QED) is 0.592. The number of benzene rings is 1. The van der Waals surface area contributed by atoms with Crippen molar-refractivity contribution in [1.82, 2.24) is 4.37 Å². The summed E-state index contributed by atoms with van der Waals surface area (Å²) in [5, 5.41) is 10.6. The first-order valence-electron chi connectivity index (χ1n) is 3.01. The number of fused-ring (bicyclic) bond motifs is 1. The summed E-state index contributed by atoms with van der Waals surface area (Å²) in [6.07, 6.45) is 0. The van der Waals surface area contributed by atoms with Crippen LogP contribution in [0.2, 0.25) is 5.02 Å². The van der Waals surface area contributed by atoms with E-state index in [2.05, 4.69) is 4.37 Å². The molecule has 2 nitrogen and oxygen atoms in total. The van der Waals surface area contributed by atoms with Crippen molar-refractivity contribution >= 4 is 86.8 Å². The Hall–Kier alpha value is 0.930. The van der Waals surface area contributed by atoms with Crippen LogP contribution in [-0.2, 0) is 0 Å². The van der Waals surface area contributed by atoms with Gasteiger partial charge in [-0.05, 0) is 29.7 Å². The number of halogens is 2. The van der Waals surface area contributed by atoms with Crippen LogP contribution in [0.5, 0.6) is 5.88 Å². The zero-order valence-corrected chi connectivity index (χ0v) is 9.72. The van der Waals surface area contributed by atoms with E-state index in [0.717, 1.165) is 10.1 Å². The van der Waals surface area contributed by atoms with E-state index < -0.39 is 0 Å². The van der Waals surface area contributed by atoms with Gasteiger partial charge in [0.15, 0.2) is 0 Å². The third kappa shape index (κ3) is 2.94. The van der Waals surface area contributed by atoms with Gasteiger partial charge in [-0.2, -0.15) is 4.37 Å². The van der Waals surface area contributed by atoms with Crippen molar-refractivity contribution in [3.05, 3.63) is 23.2 Å². The molecule has 1 N–H and O–H groups in total. The van der Waals surface area contributed by atoms with Gasteiger partial charge in [0.2, 0.25) is 5.88 Å². The van der Waals surface area contributed by atoms with Gasteiger partial charge in [-0.3, -0.25) is 0 Å². The van der Waals surface area contributed by atoms with Crippen molar-refractivity contribution in [3.8, 4) is 5.88 Å². The summed E-state index contributed by atoms with van der Waals surface area (Å²) in [6, 6.07) is 5.28. The molecule has 0 bridgehead atoms. The molecule has 66 valence electrons. The molecule has 6 heteroatoms. The van der Waals surface area contributed by atoms with Crippen LogP contribution in [0, 0.1) is 0 Å². The van der Waals surface area contributed by atoms with Crippen LogP contribution in [0.3, 0.4) is 0 Å². The van der Waals surface area contributed by atoms with E-state index in [4.69, 9.17) is 16.7 Å². The van der Waals surface area contributed by atoms with Crippen LogP contribution in [0.25, 0.3) is 10.1 Å². The summed E-state index contributed by atoms with van der Waals surface area (Å²) in [5.74, 6) is 0.0849. The van der Waals surface area contributed by atoms with Crippen molar-refractivity contribution in [2.75, 3.05) is 0 Å². The van der Waals surface area contributed by atoms with E-state index in [1.54, 1.807) is 18.2 Å². The first-order valence-corrected chi connectivity index (χ1v) is 4.16. The van der Waals surface area contributed by atoms with Gasteiger partial charge in [-0.1, -0.05) is 11.6 Å². The molecule has 0 aliphatic carbocycles. The van der Waals surface area contributed by atoms with E-state index >= 15 is 0 Å². The normalized spacial score (nSPS) is 9.00. The first kappa shape index (κ1) is 13.9. The van der Waals surface area contributed by atoms with Crippen LogP contribution >= 0.6 is 47.1 Å². The maximum atomic E-state index is 9.16. The fourth-order valence-corrected chi connectivity index (χ4v) is 1.86. The average Bonchev–Trinajstić information content (AvgIpc) is 2.32. The molecule has 0 atom stereocenters. The van der Waals surface area contributed by atoms with E-state index in [9.17, 15) is 0 Å². The minimum absolute atomic E-state index is 0. The second kappa shape index (κ2) is 5.72. The monoisotopic (exact) mass is 337 g/mol. The second-order valence-corrected chi connectivity index (χ2v) is 3.39. The van der Waals surface area contributed by atoms with Crippen molar-refractivity contribution in [2.45, 2.75) is 0 Å². The molecule has 0 aliphatic rings. The third-order valence-corrected chi connectivity index (χ3v) is 2.45. The third-order valence-electron chi connectivity index (χ3n) is 1.42. The standard InChI is InChI=1S/C7H4ClNOS.HI.Na.H/c8-4-1-2-5-6(3-4)11-9-7(5)10;;;/h1-3H,(H,9,10);1H;;. The van der Waals surface area contributed by atoms with Gasteiger partial charge < -0.3 is 5.11 Å². The topological polar surface area (TPSA) is 33.1 Å². The molecule has 0 saturated carbocycles. The Morgan fingerprint density at radius 2 is 2.08 bits per heavy atom. The summed E-state index contributed by atoms with van der Waals surface area (Å²) in [7, 11) is 0. The van der Waals surface area contributed by atoms with Crippen molar-refractivity contribution in [3.63, 3.8) is 0 Å². The second-order valence-electron chi connectivity index (χ2n) is 2.15. The minimum atomic E-state index is 0. The van der Waals surface area contributed by atoms with Crippen LogP contribution in [0.15, 0.2) is 18.2 Å². The molecule has 0 amide bonds. The molecule has 1 aromatic heterocycles. The molecule has 0 radical (unpaired) electrons. The summed E-state index contributed by atoms with van der Waals surface area (Å²) in [5.41, 5.74) is 0. The Labute approximate surface area is 124 Å². The number of hydrogen-bond acceptors (Lipinski definition) is 3. The Morgan fingerprint density at radius 3 is 2.77 bits per heavy atom. The predicted molar refractivity (Wildman–Crippen MR) is 68.9 cm³/mol. The molecule has 1 heterocycles. The SMILES string of the molecule is I.Oc1nsc2cc(Cl)ccc12.[NaH]. The predicted octanol–water partition coefficient (Wildman–Crippen LogP) is 2.62. The zero-order valence-electron chi connectivity index (χ0n) is 5.82. The molecule has 2 rings (SSSR count). The van der Waals surface area contributed by atoms with E-state index in [1.165, 1.54) is 11.5 Å². The Bertz CT molecular complexity index is 408. The maximum absolute atomic E-state index is 9.16. The Kier molecular flexibility index (Phi) is 6.13. The molecule has 13 heavy (non-hydrogen) atoms. The fourth-order valence-electron chi connectivity index (χ4n) is 0.898. The Morgan fingerprint density at radius 1 is 1.38 bits per heavy atom. The molecule has 0 saturated heterocycles. The zero-order chi connectivity index (χ0) is 7.84. The molecular formula is C7H6ClINNaOS. The molecule has 1 aromatic carbocycles. The number of aromatic nitrogens is 1. The van der Waals surface area contributed by atoms with Crippen LogP contribution < -0.4 is 0 Å². The summed E-state index contributed by atoms with van der Waals surface area (Å²) in [6.45, 7) is 0. The van der Waals surface area contributed by atoms with Crippen molar-refractivity contribution in [1.29, 1.82) is 0 Å². The average molecular weight is 338 g/mol. The van der Waals surface area contributed by atoms with Gasteiger partial charge >= 0.3 is 29.6 Å². The van der Waals surface area contributed by atoms with Crippen LogP contribution in [0.1, 0.15) is 0 Å². The number of aromatic hydroxyl groups is 1. The van der Waals surface area contributed by atoms with Crippen molar-refractivity contribution < 1.29 is 5.11 Å². The van der Waals surface area contributed by atoms with Crippen molar-refractivity contribution in [2.24, 2.45) is 0 Å². The van der Waals surface area contributed by atoms with E-state index in [-0.39, 0.29) is 59.4 Å². The van der Waals surface area contributed by atoms with Crippen LogP contribution in [0.4, 0.5) is 0 Å².